The first-order valence-corrected chi connectivity index (χ1v) is 14.7. The molecular weight excluding hydrogens is 561 g/mol. The van der Waals surface area contributed by atoms with Crippen LogP contribution in [0.15, 0.2) is 72.8 Å². The van der Waals surface area contributed by atoms with Crippen molar-refractivity contribution >= 4 is 46.2 Å². The Bertz CT molecular complexity index is 1560. The molecule has 3 amide bonds. The van der Waals surface area contributed by atoms with Gasteiger partial charge in [-0.1, -0.05) is 30.3 Å². The molecule has 9 nitrogen and oxygen atoms in total. The lowest BCUT2D eigenvalue weighted by molar-refractivity contribution is -0.118. The highest BCUT2D eigenvalue weighted by molar-refractivity contribution is 6.37. The largest absolute Gasteiger partial charge is 0.444 e. The molecule has 10 heteroatoms. The number of nitrogens with one attached hydrogen (secondary N) is 2. The van der Waals surface area contributed by atoms with Crippen molar-refractivity contribution < 1.29 is 23.5 Å². The highest BCUT2D eigenvalue weighted by atomic mass is 19.1. The smallest absolute Gasteiger partial charge is 0.410 e. The average Bonchev–Trinajstić information content (AvgIpc) is 3.32. The molecule has 2 aliphatic rings. The number of rotatable bonds is 7. The summed E-state index contributed by atoms with van der Waals surface area (Å²) in [4.78, 5) is 43.9. The summed E-state index contributed by atoms with van der Waals surface area (Å²) < 4.78 is 19.3. The number of anilines is 3. The van der Waals surface area contributed by atoms with Crippen molar-refractivity contribution in [1.29, 1.82) is 0 Å². The summed E-state index contributed by atoms with van der Waals surface area (Å²) in [6, 6.07) is 21.2. The van der Waals surface area contributed by atoms with Gasteiger partial charge in [-0.25, -0.2) is 9.18 Å². The molecule has 2 heterocycles. The van der Waals surface area contributed by atoms with Crippen LogP contribution in [0.25, 0.3) is 11.3 Å². The van der Waals surface area contributed by atoms with E-state index < -0.39 is 11.4 Å². The summed E-state index contributed by atoms with van der Waals surface area (Å²) in [6.07, 6.45) is 0.0483. The van der Waals surface area contributed by atoms with Crippen LogP contribution in [0, 0.1) is 5.82 Å². The first-order valence-electron chi connectivity index (χ1n) is 14.7. The van der Waals surface area contributed by atoms with Gasteiger partial charge in [-0.3, -0.25) is 14.5 Å². The minimum atomic E-state index is -0.526. The van der Waals surface area contributed by atoms with Crippen LogP contribution in [0.2, 0.25) is 0 Å². The summed E-state index contributed by atoms with van der Waals surface area (Å²) in [6.45, 7) is 8.68. The van der Waals surface area contributed by atoms with Gasteiger partial charge in [0.25, 0.3) is 5.91 Å². The van der Waals surface area contributed by atoms with E-state index in [0.29, 0.717) is 61.7 Å². The molecule has 2 N–H and O–H groups in total. The minimum Gasteiger partial charge on any atom is -0.444 e. The maximum Gasteiger partial charge on any atom is 0.410 e. The number of carbonyl (C=O) groups is 3. The molecule has 0 spiro atoms. The third-order valence-electron chi connectivity index (χ3n) is 7.60. The quantitative estimate of drug-likeness (QED) is 0.340. The standard InChI is InChI=1S/C34H38FN5O4/c1-34(2,3)44-33(43)40-20-18-39(19-21-40)17-16-29(41)38(4)26-13-11-25(12-14-26)36-31(23-8-6-5-7-9-23)30-27-15-10-24(35)22-28(27)37-32(30)42/h5-15,22,36H,16-21H2,1-4H3,(H,37,42)/b31-30-. The van der Waals surface area contributed by atoms with Crippen molar-refractivity contribution in [3.05, 3.63) is 89.7 Å². The molecule has 0 aliphatic carbocycles. The van der Waals surface area contributed by atoms with Crippen molar-refractivity contribution in [2.45, 2.75) is 32.8 Å². The lowest BCUT2D eigenvalue weighted by Gasteiger charge is -2.35. The second-order valence-electron chi connectivity index (χ2n) is 11.9. The van der Waals surface area contributed by atoms with Crippen LogP contribution in [-0.4, -0.2) is 73.1 Å². The number of hydrogen-bond acceptors (Lipinski definition) is 6. The van der Waals surface area contributed by atoms with Crippen LogP contribution in [0.3, 0.4) is 0 Å². The number of amides is 3. The zero-order chi connectivity index (χ0) is 31.4. The molecule has 0 aromatic heterocycles. The topological polar surface area (TPSA) is 94.2 Å². The third-order valence-corrected chi connectivity index (χ3v) is 7.60. The molecule has 44 heavy (non-hydrogen) atoms. The average molecular weight is 600 g/mol. The highest BCUT2D eigenvalue weighted by Crippen LogP contribution is 2.38. The Morgan fingerprint density at radius 2 is 1.66 bits per heavy atom. The SMILES string of the molecule is CN(C(=O)CCN1CCN(C(=O)OC(C)(C)C)CC1)c1ccc(N/C(=C2\C(=O)Nc3cc(F)ccc32)c2ccccc2)cc1. The molecule has 0 atom stereocenters. The zero-order valence-corrected chi connectivity index (χ0v) is 25.5. The fourth-order valence-corrected chi connectivity index (χ4v) is 5.24. The van der Waals surface area contributed by atoms with E-state index in [1.54, 1.807) is 22.9 Å². The van der Waals surface area contributed by atoms with Crippen LogP contribution in [-0.2, 0) is 14.3 Å². The fraction of sp³-hybridized carbons (Fsp3) is 0.324. The van der Waals surface area contributed by atoms with Gasteiger partial charge in [0.15, 0.2) is 0 Å². The van der Waals surface area contributed by atoms with Gasteiger partial charge in [0.05, 0.1) is 17.0 Å². The Labute approximate surface area is 257 Å². The van der Waals surface area contributed by atoms with Gasteiger partial charge in [0.2, 0.25) is 5.91 Å². The number of hydrogen-bond donors (Lipinski definition) is 2. The van der Waals surface area contributed by atoms with Gasteiger partial charge in [0, 0.05) is 63.1 Å². The predicted octanol–water partition coefficient (Wildman–Crippen LogP) is 5.66. The molecule has 3 aromatic rings. The van der Waals surface area contributed by atoms with Crippen LogP contribution in [0.5, 0.6) is 0 Å². The predicted molar refractivity (Wildman–Crippen MR) is 171 cm³/mol. The molecule has 2 aliphatic heterocycles. The Morgan fingerprint density at radius 1 is 0.977 bits per heavy atom. The van der Waals surface area contributed by atoms with Crippen molar-refractivity contribution in [2.75, 3.05) is 55.3 Å². The Morgan fingerprint density at radius 3 is 2.32 bits per heavy atom. The number of carbonyl (C=O) groups excluding carboxylic acids is 3. The van der Waals surface area contributed by atoms with E-state index in [2.05, 4.69) is 15.5 Å². The second-order valence-corrected chi connectivity index (χ2v) is 11.9. The maximum absolute atomic E-state index is 13.8. The Balaban J connectivity index is 1.22. The van der Waals surface area contributed by atoms with E-state index in [0.717, 1.165) is 16.9 Å². The molecular formula is C34H38FN5O4. The number of ether oxygens (including phenoxy) is 1. The zero-order valence-electron chi connectivity index (χ0n) is 25.5. The van der Waals surface area contributed by atoms with Gasteiger partial charge in [-0.15, -0.1) is 0 Å². The van der Waals surface area contributed by atoms with Crippen molar-refractivity contribution in [3.63, 3.8) is 0 Å². The number of piperazine rings is 1. The maximum atomic E-state index is 13.8. The van der Waals surface area contributed by atoms with E-state index in [1.165, 1.54) is 12.1 Å². The van der Waals surface area contributed by atoms with Crippen LogP contribution in [0.4, 0.5) is 26.2 Å². The minimum absolute atomic E-state index is 0.0150. The molecule has 230 valence electrons. The molecule has 0 saturated carbocycles. The monoisotopic (exact) mass is 599 g/mol. The number of benzene rings is 3. The number of halogens is 1. The van der Waals surface area contributed by atoms with Crippen molar-refractivity contribution in [3.8, 4) is 0 Å². The summed E-state index contributed by atoms with van der Waals surface area (Å²) in [5, 5.41) is 6.15. The first-order chi connectivity index (χ1) is 21.0. The Kier molecular flexibility index (Phi) is 9.01. The molecule has 1 fully saturated rings. The van der Waals surface area contributed by atoms with Crippen LogP contribution >= 0.6 is 0 Å². The lowest BCUT2D eigenvalue weighted by Crippen LogP contribution is -2.50. The van der Waals surface area contributed by atoms with E-state index in [9.17, 15) is 18.8 Å². The summed E-state index contributed by atoms with van der Waals surface area (Å²) in [7, 11) is 1.75. The van der Waals surface area contributed by atoms with E-state index in [4.69, 9.17) is 4.74 Å². The lowest BCUT2D eigenvalue weighted by atomic mass is 10.00. The normalized spacial score (nSPS) is 16.2. The van der Waals surface area contributed by atoms with Gasteiger partial charge in [-0.2, -0.15) is 0 Å². The second kappa shape index (κ2) is 12.9. The fourth-order valence-electron chi connectivity index (χ4n) is 5.24. The van der Waals surface area contributed by atoms with Crippen LogP contribution < -0.4 is 15.5 Å². The summed E-state index contributed by atoms with van der Waals surface area (Å²) in [5.41, 5.74) is 3.82. The first kappa shape index (κ1) is 30.7. The molecule has 1 saturated heterocycles. The summed E-state index contributed by atoms with van der Waals surface area (Å²) >= 11 is 0. The number of nitrogens with zero attached hydrogens (tertiary/aromatic N) is 3. The highest BCUT2D eigenvalue weighted by Gasteiger charge is 2.29. The van der Waals surface area contributed by atoms with Crippen molar-refractivity contribution in [1.82, 2.24) is 9.80 Å². The van der Waals surface area contributed by atoms with Gasteiger partial charge >= 0.3 is 6.09 Å². The molecule has 0 radical (unpaired) electrons. The van der Waals surface area contributed by atoms with E-state index >= 15 is 0 Å². The van der Waals surface area contributed by atoms with Gasteiger partial charge in [0.1, 0.15) is 11.4 Å². The molecule has 0 bridgehead atoms. The third kappa shape index (κ3) is 7.26. The van der Waals surface area contributed by atoms with Crippen molar-refractivity contribution in [2.24, 2.45) is 0 Å². The Hall–Kier alpha value is -4.70. The molecule has 5 rings (SSSR count). The van der Waals surface area contributed by atoms with E-state index in [1.807, 2.05) is 75.4 Å². The van der Waals surface area contributed by atoms with Gasteiger partial charge in [-0.05, 0) is 68.8 Å². The van der Waals surface area contributed by atoms with Crippen LogP contribution in [0.1, 0.15) is 38.3 Å². The van der Waals surface area contributed by atoms with Gasteiger partial charge < -0.3 is 25.2 Å². The van der Waals surface area contributed by atoms with E-state index in [-0.39, 0.29) is 17.9 Å². The molecule has 3 aromatic carbocycles. The molecule has 0 unspecified atom stereocenters. The number of fused-ring (bicyclic) bond motifs is 1. The summed E-state index contributed by atoms with van der Waals surface area (Å²) in [5.74, 6) is -0.751.